The number of anilines is 3. The molecule has 11 aromatic carbocycles. The van der Waals surface area contributed by atoms with Crippen molar-refractivity contribution >= 4 is 60.4 Å². The van der Waals surface area contributed by atoms with Gasteiger partial charge in [-0.05, 0) is 115 Å². The fourth-order valence-electron chi connectivity index (χ4n) is 11.1. The minimum atomic E-state index is -0.470. The molecule has 0 aliphatic heterocycles. The van der Waals surface area contributed by atoms with Gasteiger partial charge in [-0.25, -0.2) is 0 Å². The molecule has 2 nitrogen and oxygen atoms in total. The third-order valence-corrected chi connectivity index (χ3v) is 13.8. The summed E-state index contributed by atoms with van der Waals surface area (Å²) in [5.74, 6) is 0. The highest BCUT2D eigenvalue weighted by atomic mass is 15.1. The van der Waals surface area contributed by atoms with Gasteiger partial charge in [0.1, 0.15) is 0 Å². The van der Waals surface area contributed by atoms with Crippen molar-refractivity contribution in [2.75, 3.05) is 4.90 Å². The van der Waals surface area contributed by atoms with Crippen molar-refractivity contribution in [2.24, 2.45) is 0 Å². The summed E-state index contributed by atoms with van der Waals surface area (Å²) in [4.78, 5) is 2.35. The van der Waals surface area contributed by atoms with Crippen molar-refractivity contribution in [1.29, 1.82) is 0 Å². The highest BCUT2D eigenvalue weighted by Crippen LogP contribution is 2.57. The molecule has 1 aromatic heterocycles. The molecule has 0 spiro atoms. The zero-order valence-electron chi connectivity index (χ0n) is 35.6. The normalized spacial score (nSPS) is 12.7. The van der Waals surface area contributed by atoms with E-state index >= 15 is 0 Å². The minimum Gasteiger partial charge on any atom is -0.310 e. The number of para-hydroxylation sites is 2. The lowest BCUT2D eigenvalue weighted by molar-refractivity contribution is 0.768. The molecule has 65 heavy (non-hydrogen) atoms. The summed E-state index contributed by atoms with van der Waals surface area (Å²) >= 11 is 0. The minimum absolute atomic E-state index is 0.470. The van der Waals surface area contributed by atoms with E-state index in [4.69, 9.17) is 0 Å². The standard InChI is InChI=1S/C63H42N2/c1-5-22-45(23-6-1)63(46-24-7-2-8-25-46)58-35-18-17-33-53(58)57-41-50(37-39-59(57)63)65-60-42-56(44-21-19-30-49(40-44)64(47-26-9-3-10-27-47)48-28-11-4-12-29-48)52-32-15-16-34-54(52)61(60)55-38-36-43-20-13-14-31-51(43)62(55)65/h1-42H. The van der Waals surface area contributed by atoms with Crippen LogP contribution in [0.5, 0.6) is 0 Å². The van der Waals surface area contributed by atoms with E-state index < -0.39 is 5.41 Å². The van der Waals surface area contributed by atoms with Gasteiger partial charge in [0.2, 0.25) is 0 Å². The molecule has 0 bridgehead atoms. The SMILES string of the molecule is c1ccc(N(c2ccccc2)c2cccc(-c3cc4c(c5ccccc35)c3ccc5ccccc5c3n4-c3ccc4c(c3)-c3ccccc3C4(c3ccccc3)c3ccccc3)c2)cc1. The largest absolute Gasteiger partial charge is 0.310 e. The van der Waals surface area contributed by atoms with Crippen LogP contribution >= 0.6 is 0 Å². The van der Waals surface area contributed by atoms with Crippen LogP contribution in [-0.2, 0) is 5.41 Å². The number of hydrogen-bond acceptors (Lipinski definition) is 1. The molecule has 0 fully saturated rings. The second-order valence-corrected chi connectivity index (χ2v) is 17.2. The lowest BCUT2D eigenvalue weighted by Crippen LogP contribution is -2.28. The fraction of sp³-hybridized carbons (Fsp3) is 0.0159. The molecule has 1 heterocycles. The van der Waals surface area contributed by atoms with E-state index in [-0.39, 0.29) is 0 Å². The molecule has 304 valence electrons. The Kier molecular flexibility index (Phi) is 8.47. The lowest BCUT2D eigenvalue weighted by Gasteiger charge is -2.33. The van der Waals surface area contributed by atoms with Gasteiger partial charge in [-0.3, -0.25) is 0 Å². The molecular formula is C63H42N2. The van der Waals surface area contributed by atoms with Gasteiger partial charge >= 0.3 is 0 Å². The molecule has 1 aliphatic carbocycles. The van der Waals surface area contributed by atoms with Crippen LogP contribution in [0.2, 0.25) is 0 Å². The van der Waals surface area contributed by atoms with Crippen molar-refractivity contribution in [3.63, 3.8) is 0 Å². The maximum Gasteiger partial charge on any atom is 0.0713 e. The average molecular weight is 827 g/mol. The Balaban J connectivity index is 1.10. The van der Waals surface area contributed by atoms with Gasteiger partial charge in [0.15, 0.2) is 0 Å². The maximum atomic E-state index is 2.56. The summed E-state index contributed by atoms with van der Waals surface area (Å²) in [6.07, 6.45) is 0. The first-order chi connectivity index (χ1) is 32.3. The van der Waals surface area contributed by atoms with Crippen LogP contribution in [0.15, 0.2) is 255 Å². The first-order valence-electron chi connectivity index (χ1n) is 22.5. The van der Waals surface area contributed by atoms with E-state index in [0.29, 0.717) is 0 Å². The number of aromatic nitrogens is 1. The molecule has 0 saturated heterocycles. The lowest BCUT2D eigenvalue weighted by atomic mass is 9.68. The van der Waals surface area contributed by atoms with E-state index in [9.17, 15) is 0 Å². The number of nitrogens with zero attached hydrogens (tertiary/aromatic N) is 2. The van der Waals surface area contributed by atoms with E-state index in [1.807, 2.05) is 0 Å². The average Bonchev–Trinajstić information content (AvgIpc) is 3.88. The predicted molar refractivity (Wildman–Crippen MR) is 273 cm³/mol. The monoisotopic (exact) mass is 826 g/mol. The molecule has 0 atom stereocenters. The summed E-state index contributed by atoms with van der Waals surface area (Å²) in [6, 6.07) is 93.8. The number of benzene rings is 11. The third kappa shape index (κ3) is 5.60. The van der Waals surface area contributed by atoms with Gasteiger partial charge in [0.25, 0.3) is 0 Å². The highest BCUT2D eigenvalue weighted by molar-refractivity contribution is 6.28. The van der Waals surface area contributed by atoms with Crippen LogP contribution in [0.3, 0.4) is 0 Å². The Hall–Kier alpha value is -8.46. The van der Waals surface area contributed by atoms with Gasteiger partial charge in [-0.2, -0.15) is 0 Å². The maximum absolute atomic E-state index is 2.56. The van der Waals surface area contributed by atoms with Crippen LogP contribution in [-0.4, -0.2) is 4.57 Å². The zero-order chi connectivity index (χ0) is 42.9. The zero-order valence-corrected chi connectivity index (χ0v) is 35.6. The molecule has 0 saturated carbocycles. The van der Waals surface area contributed by atoms with E-state index in [2.05, 4.69) is 264 Å². The summed E-state index contributed by atoms with van der Waals surface area (Å²) in [6.45, 7) is 0. The molecule has 12 aromatic rings. The first-order valence-corrected chi connectivity index (χ1v) is 22.5. The van der Waals surface area contributed by atoms with Crippen molar-refractivity contribution in [2.45, 2.75) is 5.41 Å². The van der Waals surface area contributed by atoms with Gasteiger partial charge < -0.3 is 9.47 Å². The van der Waals surface area contributed by atoms with Crippen molar-refractivity contribution in [3.05, 3.63) is 277 Å². The molecule has 13 rings (SSSR count). The molecule has 0 radical (unpaired) electrons. The smallest absolute Gasteiger partial charge is 0.0713 e. The Morgan fingerprint density at radius 3 is 1.62 bits per heavy atom. The van der Waals surface area contributed by atoms with Crippen molar-refractivity contribution in [3.8, 4) is 27.9 Å². The Morgan fingerprint density at radius 2 is 0.908 bits per heavy atom. The first kappa shape index (κ1) is 37.1. The Labute approximate surface area is 378 Å². The van der Waals surface area contributed by atoms with E-state index in [1.54, 1.807) is 0 Å². The van der Waals surface area contributed by atoms with Gasteiger partial charge in [-0.15, -0.1) is 0 Å². The summed E-state index contributed by atoms with van der Waals surface area (Å²) in [5.41, 5.74) is 16.4. The molecule has 0 amide bonds. The van der Waals surface area contributed by atoms with Crippen LogP contribution in [0, 0.1) is 0 Å². The summed E-state index contributed by atoms with van der Waals surface area (Å²) in [7, 11) is 0. The topological polar surface area (TPSA) is 8.17 Å². The second kappa shape index (κ2) is 14.8. The Bertz CT molecular complexity index is 3680. The number of rotatable bonds is 7. The highest BCUT2D eigenvalue weighted by Gasteiger charge is 2.46. The van der Waals surface area contributed by atoms with Crippen LogP contribution in [0.25, 0.3) is 71.3 Å². The predicted octanol–water partition coefficient (Wildman–Crippen LogP) is 16.6. The summed E-state index contributed by atoms with van der Waals surface area (Å²) < 4.78 is 2.56. The van der Waals surface area contributed by atoms with Crippen LogP contribution in [0.1, 0.15) is 22.3 Å². The molecular weight excluding hydrogens is 785 g/mol. The van der Waals surface area contributed by atoms with Crippen molar-refractivity contribution < 1.29 is 0 Å². The third-order valence-electron chi connectivity index (χ3n) is 13.8. The quantitative estimate of drug-likeness (QED) is 0.155. The number of fused-ring (bicyclic) bond motifs is 10. The van der Waals surface area contributed by atoms with Crippen molar-refractivity contribution in [1.82, 2.24) is 4.57 Å². The van der Waals surface area contributed by atoms with Gasteiger partial charge in [0.05, 0.1) is 16.4 Å². The van der Waals surface area contributed by atoms with Crippen LogP contribution in [0.4, 0.5) is 17.1 Å². The van der Waals surface area contributed by atoms with Crippen LogP contribution < -0.4 is 4.90 Å². The summed E-state index contributed by atoms with van der Waals surface area (Å²) in [5, 5.41) is 7.44. The molecule has 0 unspecified atom stereocenters. The van der Waals surface area contributed by atoms with Gasteiger partial charge in [-0.1, -0.05) is 200 Å². The Morgan fingerprint density at radius 1 is 0.338 bits per heavy atom. The van der Waals surface area contributed by atoms with Gasteiger partial charge in [0, 0.05) is 38.9 Å². The molecule has 2 heteroatoms. The number of hydrogen-bond donors (Lipinski definition) is 0. The fourth-order valence-corrected chi connectivity index (χ4v) is 11.1. The molecule has 0 N–H and O–H groups in total. The second-order valence-electron chi connectivity index (χ2n) is 17.2. The molecule has 1 aliphatic rings. The van der Waals surface area contributed by atoms with E-state index in [1.165, 1.54) is 82.3 Å². The van der Waals surface area contributed by atoms with E-state index in [0.717, 1.165) is 28.3 Å².